The van der Waals surface area contributed by atoms with E-state index in [-0.39, 0.29) is 5.82 Å². The van der Waals surface area contributed by atoms with Crippen LogP contribution < -0.4 is 5.32 Å². The SMILES string of the molecule is Cc1nc(C(=O)Nc2ccccc2C#N)n[nH]1. The second kappa shape index (κ2) is 4.45. The van der Waals surface area contributed by atoms with Crippen LogP contribution in [0, 0.1) is 18.3 Å². The second-order valence-electron chi connectivity index (χ2n) is 3.36. The van der Waals surface area contributed by atoms with Gasteiger partial charge in [-0.15, -0.1) is 5.10 Å². The normalized spacial score (nSPS) is 9.65. The average Bonchev–Trinajstić information content (AvgIpc) is 2.77. The van der Waals surface area contributed by atoms with Gasteiger partial charge in [0.05, 0.1) is 11.3 Å². The quantitative estimate of drug-likeness (QED) is 0.806. The van der Waals surface area contributed by atoms with Gasteiger partial charge in [0, 0.05) is 0 Å². The number of rotatable bonds is 2. The van der Waals surface area contributed by atoms with Crippen LogP contribution in [0.1, 0.15) is 22.0 Å². The van der Waals surface area contributed by atoms with Crippen LogP contribution in [-0.2, 0) is 0 Å². The maximum atomic E-state index is 11.7. The molecule has 1 aromatic heterocycles. The van der Waals surface area contributed by atoms with E-state index in [1.165, 1.54) is 0 Å². The largest absolute Gasteiger partial charge is 0.318 e. The van der Waals surface area contributed by atoms with Crippen LogP contribution >= 0.6 is 0 Å². The van der Waals surface area contributed by atoms with Gasteiger partial charge in [-0.25, -0.2) is 4.98 Å². The fraction of sp³-hybridized carbons (Fsp3) is 0.0909. The van der Waals surface area contributed by atoms with Gasteiger partial charge < -0.3 is 5.32 Å². The van der Waals surface area contributed by atoms with E-state index in [1.54, 1.807) is 31.2 Å². The van der Waals surface area contributed by atoms with Crippen LogP contribution in [0.15, 0.2) is 24.3 Å². The van der Waals surface area contributed by atoms with E-state index in [4.69, 9.17) is 5.26 Å². The van der Waals surface area contributed by atoms with Crippen molar-refractivity contribution in [3.05, 3.63) is 41.5 Å². The number of nitriles is 1. The Labute approximate surface area is 97.3 Å². The fourth-order valence-corrected chi connectivity index (χ4v) is 1.31. The van der Waals surface area contributed by atoms with Crippen LogP contribution in [0.5, 0.6) is 0 Å². The monoisotopic (exact) mass is 227 g/mol. The first-order valence-corrected chi connectivity index (χ1v) is 4.90. The lowest BCUT2D eigenvalue weighted by Gasteiger charge is -2.03. The van der Waals surface area contributed by atoms with Crippen molar-refractivity contribution in [2.75, 3.05) is 5.32 Å². The van der Waals surface area contributed by atoms with Crippen LogP contribution in [0.25, 0.3) is 0 Å². The molecule has 1 amide bonds. The van der Waals surface area contributed by atoms with Gasteiger partial charge in [-0.1, -0.05) is 12.1 Å². The van der Waals surface area contributed by atoms with E-state index in [9.17, 15) is 4.79 Å². The number of aromatic amines is 1. The Morgan fingerprint density at radius 3 is 2.88 bits per heavy atom. The number of amides is 1. The number of anilines is 1. The van der Waals surface area contributed by atoms with Gasteiger partial charge in [0.2, 0.25) is 5.82 Å². The zero-order chi connectivity index (χ0) is 12.3. The number of carbonyl (C=O) groups excluding carboxylic acids is 1. The number of nitrogens with zero attached hydrogens (tertiary/aromatic N) is 3. The Hall–Kier alpha value is -2.68. The van der Waals surface area contributed by atoms with Crippen LogP contribution in [0.2, 0.25) is 0 Å². The van der Waals surface area contributed by atoms with E-state index in [1.807, 2.05) is 6.07 Å². The number of benzene rings is 1. The summed E-state index contributed by atoms with van der Waals surface area (Å²) in [6, 6.07) is 8.73. The number of para-hydroxylation sites is 1. The molecule has 0 radical (unpaired) electrons. The molecule has 17 heavy (non-hydrogen) atoms. The summed E-state index contributed by atoms with van der Waals surface area (Å²) >= 11 is 0. The number of carbonyl (C=O) groups is 1. The molecule has 0 atom stereocenters. The van der Waals surface area contributed by atoms with Crippen molar-refractivity contribution >= 4 is 11.6 Å². The summed E-state index contributed by atoms with van der Waals surface area (Å²) in [6.07, 6.45) is 0. The third-order valence-electron chi connectivity index (χ3n) is 2.10. The van der Waals surface area contributed by atoms with Gasteiger partial charge in [0.15, 0.2) is 0 Å². The van der Waals surface area contributed by atoms with Crippen molar-refractivity contribution in [1.29, 1.82) is 5.26 Å². The smallest absolute Gasteiger partial charge is 0.295 e. The summed E-state index contributed by atoms with van der Waals surface area (Å²) in [5, 5.41) is 17.8. The number of hydrogen-bond donors (Lipinski definition) is 2. The molecule has 0 saturated heterocycles. The molecular formula is C11H9N5O. The molecule has 84 valence electrons. The highest BCUT2D eigenvalue weighted by atomic mass is 16.2. The maximum Gasteiger partial charge on any atom is 0.295 e. The molecule has 2 aromatic rings. The number of aryl methyl sites for hydroxylation is 1. The predicted octanol–water partition coefficient (Wildman–Crippen LogP) is 1.24. The minimum Gasteiger partial charge on any atom is -0.318 e. The molecule has 2 rings (SSSR count). The van der Waals surface area contributed by atoms with E-state index in [2.05, 4.69) is 20.5 Å². The molecule has 6 heteroatoms. The van der Waals surface area contributed by atoms with Gasteiger partial charge in [0.1, 0.15) is 11.9 Å². The fourth-order valence-electron chi connectivity index (χ4n) is 1.31. The molecular weight excluding hydrogens is 218 g/mol. The molecule has 0 fully saturated rings. The number of hydrogen-bond acceptors (Lipinski definition) is 4. The van der Waals surface area contributed by atoms with Crippen molar-refractivity contribution in [2.45, 2.75) is 6.92 Å². The third-order valence-corrected chi connectivity index (χ3v) is 2.10. The summed E-state index contributed by atoms with van der Waals surface area (Å²) in [5.74, 6) is 0.163. The first-order valence-electron chi connectivity index (χ1n) is 4.90. The molecule has 6 nitrogen and oxygen atoms in total. The minimum atomic E-state index is -0.447. The van der Waals surface area contributed by atoms with E-state index < -0.39 is 5.91 Å². The molecule has 0 unspecified atom stereocenters. The highest BCUT2D eigenvalue weighted by molar-refractivity contribution is 6.02. The Balaban J connectivity index is 2.22. The lowest BCUT2D eigenvalue weighted by atomic mass is 10.2. The van der Waals surface area contributed by atoms with Gasteiger partial charge in [0.25, 0.3) is 5.91 Å². The lowest BCUT2D eigenvalue weighted by Crippen LogP contribution is -2.14. The molecule has 1 aromatic carbocycles. The minimum absolute atomic E-state index is 0.0512. The highest BCUT2D eigenvalue weighted by Gasteiger charge is 2.12. The Morgan fingerprint density at radius 2 is 2.24 bits per heavy atom. The van der Waals surface area contributed by atoms with Crippen molar-refractivity contribution in [3.8, 4) is 6.07 Å². The summed E-state index contributed by atoms with van der Waals surface area (Å²) < 4.78 is 0. The molecule has 0 saturated carbocycles. The number of H-pyrrole nitrogens is 1. The van der Waals surface area contributed by atoms with Crippen molar-refractivity contribution in [1.82, 2.24) is 15.2 Å². The van der Waals surface area contributed by atoms with Gasteiger partial charge in [-0.2, -0.15) is 5.26 Å². The first kappa shape index (κ1) is 10.8. The molecule has 0 aliphatic rings. The topological polar surface area (TPSA) is 94.5 Å². The van der Waals surface area contributed by atoms with E-state index >= 15 is 0 Å². The lowest BCUT2D eigenvalue weighted by molar-refractivity contribution is 0.101. The summed E-state index contributed by atoms with van der Waals surface area (Å²) in [4.78, 5) is 15.6. The van der Waals surface area contributed by atoms with E-state index in [0.717, 1.165) is 0 Å². The molecule has 0 aliphatic carbocycles. The van der Waals surface area contributed by atoms with Crippen LogP contribution in [0.3, 0.4) is 0 Å². The van der Waals surface area contributed by atoms with Crippen molar-refractivity contribution in [2.24, 2.45) is 0 Å². The zero-order valence-electron chi connectivity index (χ0n) is 9.06. The second-order valence-corrected chi connectivity index (χ2v) is 3.36. The van der Waals surface area contributed by atoms with Gasteiger partial charge in [-0.3, -0.25) is 9.89 Å². The van der Waals surface area contributed by atoms with Crippen molar-refractivity contribution < 1.29 is 4.79 Å². The van der Waals surface area contributed by atoms with Gasteiger partial charge in [-0.05, 0) is 19.1 Å². The van der Waals surface area contributed by atoms with Crippen LogP contribution in [-0.4, -0.2) is 21.1 Å². The predicted molar refractivity (Wildman–Crippen MR) is 60.2 cm³/mol. The Kier molecular flexibility index (Phi) is 2.83. The molecule has 0 spiro atoms. The zero-order valence-corrected chi connectivity index (χ0v) is 9.06. The third kappa shape index (κ3) is 2.29. The summed E-state index contributed by atoms with van der Waals surface area (Å²) in [6.45, 7) is 1.70. The van der Waals surface area contributed by atoms with Crippen molar-refractivity contribution in [3.63, 3.8) is 0 Å². The highest BCUT2D eigenvalue weighted by Crippen LogP contribution is 2.13. The van der Waals surface area contributed by atoms with E-state index in [0.29, 0.717) is 17.1 Å². The average molecular weight is 227 g/mol. The maximum absolute atomic E-state index is 11.7. The van der Waals surface area contributed by atoms with Gasteiger partial charge >= 0.3 is 0 Å². The Morgan fingerprint density at radius 1 is 1.47 bits per heavy atom. The first-order chi connectivity index (χ1) is 8.20. The molecule has 2 N–H and O–H groups in total. The number of aromatic nitrogens is 3. The molecule has 1 heterocycles. The van der Waals surface area contributed by atoms with Crippen LogP contribution in [0.4, 0.5) is 5.69 Å². The summed E-state index contributed by atoms with van der Waals surface area (Å²) in [7, 11) is 0. The standard InChI is InChI=1S/C11H9N5O/c1-7-13-10(16-15-7)11(17)14-9-5-3-2-4-8(9)6-12/h2-5H,1H3,(H,14,17)(H,13,15,16). The molecule has 0 bridgehead atoms. The Bertz CT molecular complexity index is 596. The number of nitrogens with one attached hydrogen (secondary N) is 2. The molecule has 0 aliphatic heterocycles. The summed E-state index contributed by atoms with van der Waals surface area (Å²) in [5.41, 5.74) is 0.843.